The largest absolute Gasteiger partial charge is 0.338 e. The molecule has 0 bridgehead atoms. The summed E-state index contributed by atoms with van der Waals surface area (Å²) in [5.74, 6) is 0.731. The Hall–Kier alpha value is -3.49. The van der Waals surface area contributed by atoms with Gasteiger partial charge in [0, 0.05) is 10.6 Å². The van der Waals surface area contributed by atoms with Crippen LogP contribution < -0.4 is 5.56 Å². The summed E-state index contributed by atoms with van der Waals surface area (Å²) in [5.41, 5.74) is 2.07. The zero-order valence-corrected chi connectivity index (χ0v) is 18.7. The van der Waals surface area contributed by atoms with E-state index in [1.807, 2.05) is 30.3 Å². The molecule has 33 heavy (non-hydrogen) atoms. The molecule has 0 atom stereocenters. The summed E-state index contributed by atoms with van der Waals surface area (Å²) in [5, 5.41) is 5.69. The summed E-state index contributed by atoms with van der Waals surface area (Å²) in [7, 11) is 0. The van der Waals surface area contributed by atoms with Gasteiger partial charge in [-0.25, -0.2) is 9.37 Å². The molecule has 5 aromatic rings. The molecule has 0 amide bonds. The summed E-state index contributed by atoms with van der Waals surface area (Å²) < 4.78 is 20.2. The first-order chi connectivity index (χ1) is 16.1. The normalized spacial score (nSPS) is 11.2. The molecule has 0 N–H and O–H groups in total. The van der Waals surface area contributed by atoms with Gasteiger partial charge in [0.05, 0.1) is 23.2 Å². The van der Waals surface area contributed by atoms with Crippen LogP contribution in [0, 0.1) is 5.82 Å². The minimum Gasteiger partial charge on any atom is -0.338 e. The fourth-order valence-electron chi connectivity index (χ4n) is 3.33. The Morgan fingerprint density at radius 3 is 2.52 bits per heavy atom. The molecule has 5 rings (SSSR count). The molecule has 3 aromatic carbocycles. The van der Waals surface area contributed by atoms with Crippen LogP contribution in [-0.4, -0.2) is 19.7 Å². The predicted octanol–water partition coefficient (Wildman–Crippen LogP) is 5.58. The van der Waals surface area contributed by atoms with Gasteiger partial charge in [-0.05, 0) is 54.1 Å². The van der Waals surface area contributed by atoms with Gasteiger partial charge in [0.2, 0.25) is 11.7 Å². The Labute approximate surface area is 197 Å². The average Bonchev–Trinajstić information content (AvgIpc) is 3.30. The van der Waals surface area contributed by atoms with Crippen molar-refractivity contribution >= 4 is 34.3 Å². The molecule has 2 aromatic heterocycles. The number of fused-ring (bicyclic) bond motifs is 1. The van der Waals surface area contributed by atoms with E-state index in [0.29, 0.717) is 50.7 Å². The molecule has 0 spiro atoms. The molecule has 0 saturated heterocycles. The van der Waals surface area contributed by atoms with Crippen LogP contribution in [0.2, 0.25) is 5.02 Å². The van der Waals surface area contributed by atoms with E-state index in [4.69, 9.17) is 21.1 Å². The van der Waals surface area contributed by atoms with Crippen molar-refractivity contribution in [1.29, 1.82) is 0 Å². The third-order valence-electron chi connectivity index (χ3n) is 4.98. The second-order valence-electron chi connectivity index (χ2n) is 7.24. The van der Waals surface area contributed by atoms with Crippen molar-refractivity contribution in [2.75, 3.05) is 0 Å². The first-order valence-corrected chi connectivity index (χ1v) is 11.4. The van der Waals surface area contributed by atoms with E-state index < -0.39 is 0 Å². The molecule has 0 aliphatic carbocycles. The van der Waals surface area contributed by atoms with E-state index in [1.54, 1.807) is 34.9 Å². The molecule has 6 nitrogen and oxygen atoms in total. The van der Waals surface area contributed by atoms with Crippen LogP contribution in [0.1, 0.15) is 11.5 Å². The highest BCUT2D eigenvalue weighted by atomic mass is 35.5. The van der Waals surface area contributed by atoms with Gasteiger partial charge < -0.3 is 4.52 Å². The van der Waals surface area contributed by atoms with Crippen molar-refractivity contribution in [2.24, 2.45) is 0 Å². The number of aromatic nitrogens is 4. The van der Waals surface area contributed by atoms with E-state index in [1.165, 1.54) is 23.9 Å². The van der Waals surface area contributed by atoms with Gasteiger partial charge in [-0.3, -0.25) is 9.36 Å². The lowest BCUT2D eigenvalue weighted by Crippen LogP contribution is -2.24. The summed E-state index contributed by atoms with van der Waals surface area (Å²) >= 11 is 7.33. The Morgan fingerprint density at radius 1 is 0.970 bits per heavy atom. The van der Waals surface area contributed by atoms with Crippen LogP contribution in [0.5, 0.6) is 0 Å². The second-order valence-corrected chi connectivity index (χ2v) is 8.62. The summed E-state index contributed by atoms with van der Waals surface area (Å²) in [6.07, 6.45) is 0. The van der Waals surface area contributed by atoms with Crippen LogP contribution >= 0.6 is 23.4 Å². The van der Waals surface area contributed by atoms with Crippen LogP contribution in [0.25, 0.3) is 22.3 Å². The molecule has 2 heterocycles. The average molecular weight is 479 g/mol. The van der Waals surface area contributed by atoms with E-state index >= 15 is 0 Å². The highest BCUT2D eigenvalue weighted by Crippen LogP contribution is 2.24. The van der Waals surface area contributed by atoms with Gasteiger partial charge in [-0.1, -0.05) is 52.8 Å². The van der Waals surface area contributed by atoms with E-state index in [2.05, 4.69) is 10.1 Å². The van der Waals surface area contributed by atoms with Crippen molar-refractivity contribution in [2.45, 2.75) is 17.5 Å². The maximum atomic E-state index is 13.3. The summed E-state index contributed by atoms with van der Waals surface area (Å²) in [6.45, 7) is 0.348. The van der Waals surface area contributed by atoms with Crippen molar-refractivity contribution in [3.63, 3.8) is 0 Å². The van der Waals surface area contributed by atoms with Gasteiger partial charge >= 0.3 is 0 Å². The fraction of sp³-hybridized carbons (Fsp3) is 0.0833. The Morgan fingerprint density at radius 2 is 1.73 bits per heavy atom. The predicted molar refractivity (Wildman–Crippen MR) is 126 cm³/mol. The Kier molecular flexibility index (Phi) is 5.93. The quantitative estimate of drug-likeness (QED) is 0.234. The van der Waals surface area contributed by atoms with Crippen molar-refractivity contribution in [3.05, 3.63) is 105 Å². The van der Waals surface area contributed by atoms with Gasteiger partial charge in [-0.15, -0.1) is 0 Å². The smallest absolute Gasteiger partial charge is 0.262 e. The van der Waals surface area contributed by atoms with E-state index in [9.17, 15) is 9.18 Å². The summed E-state index contributed by atoms with van der Waals surface area (Å²) in [6, 6.07) is 20.5. The molecule has 0 radical (unpaired) electrons. The van der Waals surface area contributed by atoms with E-state index in [0.717, 1.165) is 5.56 Å². The number of hydrogen-bond donors (Lipinski definition) is 0. The lowest BCUT2D eigenvalue weighted by molar-refractivity contribution is 0.391. The molecule has 9 heteroatoms. The summed E-state index contributed by atoms with van der Waals surface area (Å²) in [4.78, 5) is 22.3. The molecule has 0 aliphatic heterocycles. The first kappa shape index (κ1) is 21.4. The van der Waals surface area contributed by atoms with E-state index in [-0.39, 0.29) is 11.4 Å². The monoisotopic (exact) mass is 478 g/mol. The van der Waals surface area contributed by atoms with Crippen molar-refractivity contribution in [3.8, 4) is 11.4 Å². The minimum atomic E-state index is -0.334. The SMILES string of the molecule is O=c1c2ccccc2nc(SCc2nc(-c3ccc(F)cc3)no2)n1Cc1ccc(Cl)cc1. The number of thioether (sulfide) groups is 1. The maximum absolute atomic E-state index is 13.3. The molecule has 164 valence electrons. The fourth-order valence-corrected chi connectivity index (χ4v) is 4.29. The number of nitrogens with zero attached hydrogens (tertiary/aromatic N) is 4. The highest BCUT2D eigenvalue weighted by Gasteiger charge is 2.15. The van der Waals surface area contributed by atoms with Gasteiger partial charge in [0.1, 0.15) is 5.82 Å². The van der Waals surface area contributed by atoms with Gasteiger partial charge in [0.15, 0.2) is 5.16 Å². The molecule has 0 saturated carbocycles. The molecule has 0 unspecified atom stereocenters. The highest BCUT2D eigenvalue weighted by molar-refractivity contribution is 7.98. The first-order valence-electron chi connectivity index (χ1n) is 10.0. The molecular weight excluding hydrogens is 463 g/mol. The zero-order chi connectivity index (χ0) is 22.8. The third kappa shape index (κ3) is 4.67. The molecular formula is C24H16ClFN4O2S. The lowest BCUT2D eigenvalue weighted by atomic mass is 10.2. The maximum Gasteiger partial charge on any atom is 0.262 e. The van der Waals surface area contributed by atoms with Crippen LogP contribution in [0.4, 0.5) is 4.39 Å². The number of rotatable bonds is 6. The third-order valence-corrected chi connectivity index (χ3v) is 6.19. The van der Waals surface area contributed by atoms with Crippen LogP contribution in [0.15, 0.2) is 87.3 Å². The number of para-hydroxylation sites is 1. The minimum absolute atomic E-state index is 0.129. The number of halogens is 2. The Bertz CT molecular complexity index is 1480. The second kappa shape index (κ2) is 9.17. The van der Waals surface area contributed by atoms with Crippen molar-refractivity contribution in [1.82, 2.24) is 19.7 Å². The van der Waals surface area contributed by atoms with Crippen LogP contribution in [-0.2, 0) is 12.3 Å². The lowest BCUT2D eigenvalue weighted by Gasteiger charge is -2.13. The zero-order valence-electron chi connectivity index (χ0n) is 17.1. The van der Waals surface area contributed by atoms with Gasteiger partial charge in [-0.2, -0.15) is 4.98 Å². The van der Waals surface area contributed by atoms with Crippen LogP contribution in [0.3, 0.4) is 0 Å². The van der Waals surface area contributed by atoms with Crippen molar-refractivity contribution < 1.29 is 8.91 Å². The standard InChI is InChI=1S/C24H16ClFN4O2S/c25-17-9-5-15(6-10-17)13-30-23(31)19-3-1-2-4-20(19)27-24(30)33-14-21-28-22(29-32-21)16-7-11-18(26)12-8-16/h1-12H,13-14H2. The Balaban J connectivity index is 1.45. The number of hydrogen-bond acceptors (Lipinski definition) is 6. The molecule has 0 fully saturated rings. The number of benzene rings is 3. The van der Waals surface area contributed by atoms with Gasteiger partial charge in [0.25, 0.3) is 5.56 Å². The topological polar surface area (TPSA) is 73.8 Å². The molecule has 0 aliphatic rings.